The molecule has 1 aromatic heterocycles. The van der Waals surface area contributed by atoms with Gasteiger partial charge < -0.3 is 14.0 Å². The Labute approximate surface area is 141 Å². The SMILES string of the molecule is COC(=O)c1cccc(COC(=O)c2cc(C)n(C3CC3)c2C)c1. The van der Waals surface area contributed by atoms with Gasteiger partial charge in [-0.2, -0.15) is 0 Å². The molecule has 1 saturated carbocycles. The molecule has 24 heavy (non-hydrogen) atoms. The third-order valence-electron chi connectivity index (χ3n) is 4.33. The Morgan fingerprint density at radius 1 is 1.17 bits per heavy atom. The standard InChI is InChI=1S/C19H21NO4/c1-12-9-17(13(2)20(12)16-7-8-16)19(22)24-11-14-5-4-6-15(10-14)18(21)23-3/h4-6,9-10,16H,7-8,11H2,1-3H3. The van der Waals surface area contributed by atoms with Gasteiger partial charge in [0.1, 0.15) is 6.61 Å². The number of hydrogen-bond donors (Lipinski definition) is 0. The third kappa shape index (κ3) is 3.20. The lowest BCUT2D eigenvalue weighted by atomic mass is 10.1. The molecular formula is C19H21NO4. The Kier molecular flexibility index (Phi) is 4.42. The molecule has 5 nitrogen and oxygen atoms in total. The van der Waals surface area contributed by atoms with Crippen LogP contribution in [0.2, 0.25) is 0 Å². The highest BCUT2D eigenvalue weighted by Gasteiger charge is 2.28. The summed E-state index contributed by atoms with van der Waals surface area (Å²) < 4.78 is 12.3. The number of methoxy groups -OCH3 is 1. The summed E-state index contributed by atoms with van der Waals surface area (Å²) in [6, 6.07) is 9.32. The molecule has 5 heteroatoms. The van der Waals surface area contributed by atoms with E-state index < -0.39 is 5.97 Å². The number of aryl methyl sites for hydroxylation is 1. The smallest absolute Gasteiger partial charge is 0.340 e. The maximum atomic E-state index is 12.4. The highest BCUT2D eigenvalue weighted by atomic mass is 16.5. The summed E-state index contributed by atoms with van der Waals surface area (Å²) in [6.07, 6.45) is 2.34. The number of carbonyl (C=O) groups excluding carboxylic acids is 2. The van der Waals surface area contributed by atoms with E-state index in [2.05, 4.69) is 4.57 Å². The van der Waals surface area contributed by atoms with Crippen LogP contribution in [0.25, 0.3) is 0 Å². The van der Waals surface area contributed by atoms with Crippen molar-refractivity contribution in [3.05, 3.63) is 58.4 Å². The molecule has 0 atom stereocenters. The second-order valence-corrected chi connectivity index (χ2v) is 6.15. The second kappa shape index (κ2) is 6.51. The first kappa shape index (κ1) is 16.3. The summed E-state index contributed by atoms with van der Waals surface area (Å²) in [6.45, 7) is 4.10. The zero-order chi connectivity index (χ0) is 17.3. The lowest BCUT2D eigenvalue weighted by molar-refractivity contribution is 0.0471. The van der Waals surface area contributed by atoms with Crippen molar-refractivity contribution in [1.29, 1.82) is 0 Å². The minimum atomic E-state index is -0.406. The molecule has 0 saturated heterocycles. The predicted octanol–water partition coefficient (Wildman–Crippen LogP) is 3.58. The maximum absolute atomic E-state index is 12.4. The van der Waals surface area contributed by atoms with Crippen molar-refractivity contribution in [2.75, 3.05) is 7.11 Å². The fourth-order valence-corrected chi connectivity index (χ4v) is 3.01. The Hall–Kier alpha value is -2.56. The van der Waals surface area contributed by atoms with Crippen molar-refractivity contribution in [1.82, 2.24) is 4.57 Å². The molecule has 1 aromatic carbocycles. The quantitative estimate of drug-likeness (QED) is 0.788. The van der Waals surface area contributed by atoms with Gasteiger partial charge in [-0.3, -0.25) is 0 Å². The van der Waals surface area contributed by atoms with Gasteiger partial charge >= 0.3 is 11.9 Å². The Bertz CT molecular complexity index is 787. The topological polar surface area (TPSA) is 57.5 Å². The third-order valence-corrected chi connectivity index (χ3v) is 4.33. The zero-order valence-corrected chi connectivity index (χ0v) is 14.2. The van der Waals surface area contributed by atoms with Gasteiger partial charge in [0.05, 0.1) is 18.2 Å². The molecular weight excluding hydrogens is 306 g/mol. The van der Waals surface area contributed by atoms with Crippen LogP contribution in [0.1, 0.15) is 56.6 Å². The molecule has 0 bridgehead atoms. The molecule has 0 unspecified atom stereocenters. The number of nitrogens with zero attached hydrogens (tertiary/aromatic N) is 1. The van der Waals surface area contributed by atoms with E-state index >= 15 is 0 Å². The average molecular weight is 327 g/mol. The van der Waals surface area contributed by atoms with E-state index in [4.69, 9.17) is 9.47 Å². The molecule has 0 spiro atoms. The highest BCUT2D eigenvalue weighted by Crippen LogP contribution is 2.38. The summed E-state index contributed by atoms with van der Waals surface area (Å²) >= 11 is 0. The van der Waals surface area contributed by atoms with Crippen molar-refractivity contribution in [3.63, 3.8) is 0 Å². The van der Waals surface area contributed by atoms with Gasteiger partial charge in [-0.05, 0) is 50.5 Å². The van der Waals surface area contributed by atoms with Crippen molar-refractivity contribution in [2.24, 2.45) is 0 Å². The van der Waals surface area contributed by atoms with Crippen LogP contribution >= 0.6 is 0 Å². The van der Waals surface area contributed by atoms with E-state index in [9.17, 15) is 9.59 Å². The van der Waals surface area contributed by atoms with Crippen LogP contribution < -0.4 is 0 Å². The van der Waals surface area contributed by atoms with Gasteiger partial charge in [0.2, 0.25) is 0 Å². The normalized spacial score (nSPS) is 13.6. The lowest BCUT2D eigenvalue weighted by Gasteiger charge is -2.08. The number of esters is 2. The molecule has 1 aliphatic carbocycles. The summed E-state index contributed by atoms with van der Waals surface area (Å²) in [7, 11) is 1.34. The largest absolute Gasteiger partial charge is 0.465 e. The van der Waals surface area contributed by atoms with E-state index in [1.807, 2.05) is 26.0 Å². The summed E-state index contributed by atoms with van der Waals surface area (Å²) in [5, 5.41) is 0. The van der Waals surface area contributed by atoms with Crippen LogP contribution in [-0.2, 0) is 16.1 Å². The van der Waals surface area contributed by atoms with E-state index in [1.54, 1.807) is 18.2 Å². The minimum absolute atomic E-state index is 0.122. The van der Waals surface area contributed by atoms with Gasteiger partial charge in [-0.25, -0.2) is 9.59 Å². The molecule has 3 rings (SSSR count). The molecule has 1 fully saturated rings. The monoisotopic (exact) mass is 327 g/mol. The van der Waals surface area contributed by atoms with Gasteiger partial charge in [-0.15, -0.1) is 0 Å². The van der Waals surface area contributed by atoms with Crippen LogP contribution in [0, 0.1) is 13.8 Å². The first-order chi connectivity index (χ1) is 11.5. The first-order valence-electron chi connectivity index (χ1n) is 8.04. The van der Waals surface area contributed by atoms with Crippen LogP contribution in [0.15, 0.2) is 30.3 Å². The summed E-state index contributed by atoms with van der Waals surface area (Å²) in [5.41, 5.74) is 3.86. The molecule has 2 aromatic rings. The molecule has 0 radical (unpaired) electrons. The number of hydrogen-bond acceptors (Lipinski definition) is 4. The molecule has 1 heterocycles. The summed E-state index contributed by atoms with van der Waals surface area (Å²) in [4.78, 5) is 23.9. The van der Waals surface area contributed by atoms with Gasteiger partial charge in [-0.1, -0.05) is 12.1 Å². The number of rotatable bonds is 5. The van der Waals surface area contributed by atoms with Crippen molar-refractivity contribution < 1.29 is 19.1 Å². The van der Waals surface area contributed by atoms with Gasteiger partial charge in [0.25, 0.3) is 0 Å². The van der Waals surface area contributed by atoms with E-state index in [0.29, 0.717) is 17.2 Å². The Morgan fingerprint density at radius 3 is 2.58 bits per heavy atom. The van der Waals surface area contributed by atoms with Crippen molar-refractivity contribution >= 4 is 11.9 Å². The predicted molar refractivity (Wildman–Crippen MR) is 89.1 cm³/mol. The van der Waals surface area contributed by atoms with Crippen LogP contribution in [0.5, 0.6) is 0 Å². The minimum Gasteiger partial charge on any atom is -0.465 e. The fraction of sp³-hybridized carbons (Fsp3) is 0.368. The number of carbonyl (C=O) groups is 2. The van der Waals surface area contributed by atoms with Crippen molar-refractivity contribution in [2.45, 2.75) is 39.3 Å². The second-order valence-electron chi connectivity index (χ2n) is 6.15. The molecule has 0 aliphatic heterocycles. The average Bonchev–Trinajstić information content (AvgIpc) is 3.37. The number of aromatic nitrogens is 1. The van der Waals surface area contributed by atoms with Crippen LogP contribution in [-0.4, -0.2) is 23.6 Å². The lowest BCUT2D eigenvalue weighted by Crippen LogP contribution is -2.08. The Morgan fingerprint density at radius 2 is 1.92 bits per heavy atom. The zero-order valence-electron chi connectivity index (χ0n) is 14.2. The number of benzene rings is 1. The summed E-state index contributed by atoms with van der Waals surface area (Å²) in [5.74, 6) is -0.741. The molecule has 0 amide bonds. The highest BCUT2D eigenvalue weighted by molar-refractivity contribution is 5.91. The Balaban J connectivity index is 1.70. The maximum Gasteiger partial charge on any atom is 0.340 e. The van der Waals surface area contributed by atoms with E-state index in [-0.39, 0.29) is 12.6 Å². The van der Waals surface area contributed by atoms with E-state index in [0.717, 1.165) is 17.0 Å². The van der Waals surface area contributed by atoms with Crippen LogP contribution in [0.4, 0.5) is 0 Å². The first-order valence-corrected chi connectivity index (χ1v) is 8.04. The molecule has 1 aliphatic rings. The van der Waals surface area contributed by atoms with Crippen LogP contribution in [0.3, 0.4) is 0 Å². The van der Waals surface area contributed by atoms with E-state index in [1.165, 1.54) is 20.0 Å². The van der Waals surface area contributed by atoms with Gasteiger partial charge in [0, 0.05) is 17.4 Å². The van der Waals surface area contributed by atoms with Gasteiger partial charge in [0.15, 0.2) is 0 Å². The fourth-order valence-electron chi connectivity index (χ4n) is 3.01. The molecule has 0 N–H and O–H groups in total. The van der Waals surface area contributed by atoms with Crippen molar-refractivity contribution in [3.8, 4) is 0 Å². The molecule has 126 valence electrons. The number of ether oxygens (including phenoxy) is 2.